The molecule has 2 aromatic heterocycles. The van der Waals surface area contributed by atoms with E-state index in [2.05, 4.69) is 25.9 Å². The lowest BCUT2D eigenvalue weighted by Gasteiger charge is -2.21. The Hall–Kier alpha value is -4.91. The maximum Gasteiger partial charge on any atom is 0.271 e. The number of pyridine rings is 1. The number of rotatable bonds is 7. The second kappa shape index (κ2) is 9.93. The number of H-pyrrole nitrogens is 1. The number of amides is 1. The Morgan fingerprint density at radius 1 is 0.914 bits per heavy atom. The highest BCUT2D eigenvalue weighted by molar-refractivity contribution is 6.01. The van der Waals surface area contributed by atoms with Crippen LogP contribution in [0, 0.1) is 0 Å². The van der Waals surface area contributed by atoms with Crippen LogP contribution in [-0.2, 0) is 0 Å². The summed E-state index contributed by atoms with van der Waals surface area (Å²) in [4.78, 5) is 17.3. The molecular formula is C28H24N6O. The average Bonchev–Trinajstić information content (AvgIpc) is 3.31. The second-order valence-electron chi connectivity index (χ2n) is 7.96. The molecule has 0 saturated heterocycles. The molecule has 5 rings (SSSR count). The molecule has 0 spiro atoms. The number of hydrogen-bond acceptors (Lipinski definition) is 5. The Balaban J connectivity index is 1.34. The fourth-order valence-corrected chi connectivity index (χ4v) is 3.76. The maximum atomic E-state index is 13.0. The predicted octanol–water partition coefficient (Wildman–Crippen LogP) is 5.65. The van der Waals surface area contributed by atoms with Crippen LogP contribution in [0.2, 0.25) is 0 Å². The summed E-state index contributed by atoms with van der Waals surface area (Å²) in [5, 5.41) is 13.6. The first-order valence-corrected chi connectivity index (χ1v) is 11.2. The monoisotopic (exact) mass is 460 g/mol. The summed E-state index contributed by atoms with van der Waals surface area (Å²) < 4.78 is 0. The molecule has 1 amide bonds. The van der Waals surface area contributed by atoms with E-state index in [0.29, 0.717) is 11.3 Å². The number of carbonyl (C=O) groups is 1. The lowest BCUT2D eigenvalue weighted by molar-refractivity contribution is 0.0952. The molecule has 0 unspecified atom stereocenters. The van der Waals surface area contributed by atoms with Gasteiger partial charge in [0.2, 0.25) is 0 Å². The van der Waals surface area contributed by atoms with Crippen LogP contribution in [0.5, 0.6) is 0 Å². The van der Waals surface area contributed by atoms with Crippen LogP contribution in [-0.4, -0.2) is 28.1 Å². The van der Waals surface area contributed by atoms with E-state index in [1.807, 2.05) is 104 Å². The van der Waals surface area contributed by atoms with Crippen molar-refractivity contribution in [2.45, 2.75) is 0 Å². The number of hydrogen-bond donors (Lipinski definition) is 3. The van der Waals surface area contributed by atoms with Gasteiger partial charge in [-0.15, -0.1) is 0 Å². The largest absolute Gasteiger partial charge is 0.355 e. The van der Waals surface area contributed by atoms with Gasteiger partial charge in [0.05, 0.1) is 33.8 Å². The smallest absolute Gasteiger partial charge is 0.271 e. The molecule has 2 heterocycles. The molecule has 0 saturated carbocycles. The summed E-state index contributed by atoms with van der Waals surface area (Å²) in [5.41, 5.74) is 8.51. The molecule has 35 heavy (non-hydrogen) atoms. The van der Waals surface area contributed by atoms with Crippen molar-refractivity contribution in [3.63, 3.8) is 0 Å². The maximum absolute atomic E-state index is 13.0. The number of hydrazine groups is 1. The van der Waals surface area contributed by atoms with Crippen LogP contribution in [0.3, 0.4) is 0 Å². The third-order valence-electron chi connectivity index (χ3n) is 5.56. The highest BCUT2D eigenvalue weighted by Crippen LogP contribution is 2.26. The number of fused-ring (bicyclic) bond motifs is 1. The van der Waals surface area contributed by atoms with E-state index in [4.69, 9.17) is 0 Å². The SMILES string of the molecule is CN(NC(=O)c1ccccc1Nc1ccc2c(/C=C/c3ccccn3)n[nH]c2c1)c1ccccc1. The number of aromatic nitrogens is 3. The molecule has 7 nitrogen and oxygen atoms in total. The van der Waals surface area contributed by atoms with E-state index in [-0.39, 0.29) is 5.91 Å². The zero-order valence-electron chi connectivity index (χ0n) is 19.1. The van der Waals surface area contributed by atoms with E-state index in [0.717, 1.165) is 33.7 Å². The number of carbonyl (C=O) groups excluding carboxylic acids is 1. The van der Waals surface area contributed by atoms with Gasteiger partial charge in [0.1, 0.15) is 0 Å². The highest BCUT2D eigenvalue weighted by atomic mass is 16.2. The van der Waals surface area contributed by atoms with Crippen molar-refractivity contribution in [1.82, 2.24) is 20.6 Å². The van der Waals surface area contributed by atoms with Crippen LogP contribution in [0.15, 0.2) is 97.2 Å². The minimum atomic E-state index is -0.205. The van der Waals surface area contributed by atoms with Crippen molar-refractivity contribution in [3.8, 4) is 0 Å². The van der Waals surface area contributed by atoms with Crippen molar-refractivity contribution in [2.75, 3.05) is 17.4 Å². The second-order valence-corrected chi connectivity index (χ2v) is 7.96. The normalized spacial score (nSPS) is 11.0. The van der Waals surface area contributed by atoms with E-state index >= 15 is 0 Å². The van der Waals surface area contributed by atoms with Crippen LogP contribution in [0.25, 0.3) is 23.1 Å². The fourth-order valence-electron chi connectivity index (χ4n) is 3.76. The summed E-state index contributed by atoms with van der Waals surface area (Å²) in [6, 6.07) is 28.8. The predicted molar refractivity (Wildman–Crippen MR) is 141 cm³/mol. The first-order valence-electron chi connectivity index (χ1n) is 11.2. The summed E-state index contributed by atoms with van der Waals surface area (Å²) in [6.45, 7) is 0. The van der Waals surface area contributed by atoms with E-state index < -0.39 is 0 Å². The highest BCUT2D eigenvalue weighted by Gasteiger charge is 2.14. The lowest BCUT2D eigenvalue weighted by atomic mass is 10.1. The Kier molecular flexibility index (Phi) is 6.21. The molecule has 5 aromatic rings. The zero-order valence-corrected chi connectivity index (χ0v) is 19.1. The van der Waals surface area contributed by atoms with E-state index in [1.54, 1.807) is 17.3 Å². The zero-order chi connectivity index (χ0) is 24.0. The number of benzene rings is 3. The summed E-state index contributed by atoms with van der Waals surface area (Å²) in [6.07, 6.45) is 5.64. The van der Waals surface area contributed by atoms with E-state index in [9.17, 15) is 4.79 Å². The molecule has 0 atom stereocenters. The number of para-hydroxylation sites is 2. The van der Waals surface area contributed by atoms with Gasteiger partial charge in [0.25, 0.3) is 5.91 Å². The summed E-state index contributed by atoms with van der Waals surface area (Å²) in [7, 11) is 1.81. The first-order chi connectivity index (χ1) is 17.2. The van der Waals surface area contributed by atoms with Gasteiger partial charge in [-0.3, -0.25) is 25.3 Å². The molecule has 0 bridgehead atoms. The van der Waals surface area contributed by atoms with Crippen LogP contribution in [0.1, 0.15) is 21.7 Å². The van der Waals surface area contributed by atoms with Gasteiger partial charge < -0.3 is 5.32 Å². The van der Waals surface area contributed by atoms with Crippen molar-refractivity contribution in [2.24, 2.45) is 0 Å². The van der Waals surface area contributed by atoms with Crippen molar-refractivity contribution < 1.29 is 4.79 Å². The summed E-state index contributed by atoms with van der Waals surface area (Å²) in [5.74, 6) is -0.205. The Bertz CT molecular complexity index is 1480. The Morgan fingerprint density at radius 3 is 2.54 bits per heavy atom. The van der Waals surface area contributed by atoms with Crippen molar-refractivity contribution >= 4 is 46.0 Å². The fraction of sp³-hybridized carbons (Fsp3) is 0.0357. The van der Waals surface area contributed by atoms with Gasteiger partial charge in [-0.05, 0) is 66.7 Å². The Labute approximate surface area is 203 Å². The van der Waals surface area contributed by atoms with Gasteiger partial charge in [-0.25, -0.2) is 0 Å². The van der Waals surface area contributed by atoms with Gasteiger partial charge in [0, 0.05) is 24.3 Å². The lowest BCUT2D eigenvalue weighted by Crippen LogP contribution is -2.39. The molecule has 3 N–H and O–H groups in total. The van der Waals surface area contributed by atoms with Crippen molar-refractivity contribution in [3.05, 3.63) is 114 Å². The quantitative estimate of drug-likeness (QED) is 0.273. The van der Waals surface area contributed by atoms with Gasteiger partial charge in [-0.1, -0.05) is 36.4 Å². The number of anilines is 3. The Morgan fingerprint density at radius 2 is 1.71 bits per heavy atom. The van der Waals surface area contributed by atoms with Crippen LogP contribution >= 0.6 is 0 Å². The molecule has 0 aliphatic heterocycles. The van der Waals surface area contributed by atoms with Crippen LogP contribution in [0.4, 0.5) is 17.1 Å². The topological polar surface area (TPSA) is 85.9 Å². The number of nitrogens with zero attached hydrogens (tertiary/aromatic N) is 3. The van der Waals surface area contributed by atoms with E-state index in [1.165, 1.54) is 0 Å². The number of aromatic amines is 1. The van der Waals surface area contributed by atoms with Crippen molar-refractivity contribution in [1.29, 1.82) is 0 Å². The minimum Gasteiger partial charge on any atom is -0.355 e. The molecular weight excluding hydrogens is 436 g/mol. The molecule has 0 aliphatic carbocycles. The molecule has 172 valence electrons. The minimum absolute atomic E-state index is 0.205. The summed E-state index contributed by atoms with van der Waals surface area (Å²) >= 11 is 0. The van der Waals surface area contributed by atoms with Gasteiger partial charge in [-0.2, -0.15) is 5.10 Å². The van der Waals surface area contributed by atoms with Gasteiger partial charge in [0.15, 0.2) is 0 Å². The molecule has 7 heteroatoms. The standard InChI is InChI=1S/C28H24N6O/c1-34(22-10-3-2-4-11-22)33-28(35)24-12-5-6-13-25(24)30-21-14-16-23-26(31-32-27(23)19-21)17-15-20-9-7-8-18-29-20/h2-19,30H,1H3,(H,31,32)(H,33,35)/b17-15+. The number of nitrogens with one attached hydrogen (secondary N) is 3. The molecule has 3 aromatic carbocycles. The van der Waals surface area contributed by atoms with Crippen LogP contribution < -0.4 is 15.8 Å². The van der Waals surface area contributed by atoms with Gasteiger partial charge >= 0.3 is 0 Å². The molecule has 0 fully saturated rings. The third-order valence-corrected chi connectivity index (χ3v) is 5.56. The molecule has 0 radical (unpaired) electrons. The average molecular weight is 461 g/mol. The third kappa shape index (κ3) is 5.04. The molecule has 0 aliphatic rings. The first kappa shape index (κ1) is 21.9.